The molecule has 5 heterocycles. The van der Waals surface area contributed by atoms with Gasteiger partial charge in [0.2, 0.25) is 0 Å². The number of pyridine rings is 3. The van der Waals surface area contributed by atoms with Crippen molar-refractivity contribution in [1.29, 1.82) is 0 Å². The summed E-state index contributed by atoms with van der Waals surface area (Å²) < 4.78 is 35.3. The monoisotopic (exact) mass is 518 g/mol. The minimum atomic E-state index is -2.71. The quantitative estimate of drug-likeness (QED) is 0.380. The number of nitrogens with zero attached hydrogens (tertiary/aromatic N) is 6. The van der Waals surface area contributed by atoms with E-state index in [0.29, 0.717) is 45.2 Å². The van der Waals surface area contributed by atoms with Crippen LogP contribution >= 0.6 is 0 Å². The van der Waals surface area contributed by atoms with Gasteiger partial charge in [-0.25, -0.2) is 18.6 Å². The van der Waals surface area contributed by atoms with Crippen molar-refractivity contribution in [3.8, 4) is 22.6 Å². The molecule has 1 saturated heterocycles. The number of fused-ring (bicyclic) bond motifs is 3. The first-order valence-electron chi connectivity index (χ1n) is 12.0. The smallest absolute Gasteiger partial charge is 0.333 e. The maximum Gasteiger partial charge on any atom is 0.333 e. The third-order valence-corrected chi connectivity index (χ3v) is 6.97. The van der Waals surface area contributed by atoms with Crippen LogP contribution in [-0.4, -0.2) is 55.3 Å². The van der Waals surface area contributed by atoms with Crippen molar-refractivity contribution in [1.82, 2.24) is 24.1 Å². The van der Waals surface area contributed by atoms with E-state index in [0.717, 1.165) is 16.5 Å². The van der Waals surface area contributed by atoms with Gasteiger partial charge in [0.25, 0.3) is 5.92 Å². The van der Waals surface area contributed by atoms with Crippen LogP contribution in [0.2, 0.25) is 0 Å². The molecule has 1 aliphatic rings. The molecule has 38 heavy (non-hydrogen) atoms. The zero-order valence-electron chi connectivity index (χ0n) is 20.9. The second kappa shape index (κ2) is 8.59. The molecule has 1 aliphatic heterocycles. The standard InChI is InChI=1S/C27H24F2N6O3/c1-15-21(6-7-24(32-15)34-13-27(28,29)14-34)35-25-18-8-16(17-9-23(38-3)20(12-36)30-10-17)4-5-19(18)31-11-22(25)33(2)26(35)37/h4-11,36H,12-14H2,1-3H3. The SMILES string of the molecule is COc1cc(-c2ccc3ncc4c(c3c2)n(-c2ccc(N3CC(F)(F)C3)nc2C)c(=O)n4C)cnc1CO. The number of hydrogen-bond acceptors (Lipinski definition) is 7. The van der Waals surface area contributed by atoms with Gasteiger partial charge in [-0.05, 0) is 42.8 Å². The lowest BCUT2D eigenvalue weighted by molar-refractivity contribution is -0.0267. The molecule has 0 atom stereocenters. The van der Waals surface area contributed by atoms with Crippen molar-refractivity contribution < 1.29 is 18.6 Å². The van der Waals surface area contributed by atoms with Crippen LogP contribution in [0.1, 0.15) is 11.4 Å². The van der Waals surface area contributed by atoms with Gasteiger partial charge in [0.1, 0.15) is 17.3 Å². The first-order chi connectivity index (χ1) is 18.2. The molecule has 194 valence electrons. The molecule has 5 aromatic rings. The fraction of sp³-hybridized carbons (Fsp3) is 0.259. The number of aliphatic hydroxyl groups excluding tert-OH is 1. The molecule has 0 radical (unpaired) electrons. The zero-order chi connectivity index (χ0) is 26.8. The second-order valence-electron chi connectivity index (χ2n) is 9.42. The zero-order valence-corrected chi connectivity index (χ0v) is 20.9. The fourth-order valence-electron chi connectivity index (χ4n) is 4.95. The maximum absolute atomic E-state index is 13.5. The Morgan fingerprint density at radius 2 is 1.87 bits per heavy atom. The first kappa shape index (κ1) is 24.0. The number of imidazole rings is 1. The van der Waals surface area contributed by atoms with Crippen molar-refractivity contribution in [3.05, 3.63) is 70.7 Å². The van der Waals surface area contributed by atoms with Crippen molar-refractivity contribution >= 4 is 27.8 Å². The molecule has 0 amide bonds. The lowest BCUT2D eigenvalue weighted by Crippen LogP contribution is -2.56. The van der Waals surface area contributed by atoms with E-state index in [2.05, 4.69) is 15.0 Å². The Kier molecular flexibility index (Phi) is 5.42. The van der Waals surface area contributed by atoms with E-state index in [9.17, 15) is 18.7 Å². The molecule has 0 bridgehead atoms. The summed E-state index contributed by atoms with van der Waals surface area (Å²) in [5, 5.41) is 10.3. The summed E-state index contributed by atoms with van der Waals surface area (Å²) in [6.45, 7) is 0.780. The third-order valence-electron chi connectivity index (χ3n) is 6.97. The molecule has 11 heteroatoms. The topological polar surface area (TPSA) is 98.3 Å². The van der Waals surface area contributed by atoms with Gasteiger partial charge in [0.15, 0.2) is 0 Å². The number of ether oxygens (including phenoxy) is 1. The molecular formula is C27H24F2N6O3. The summed E-state index contributed by atoms with van der Waals surface area (Å²) in [5.41, 5.74) is 4.85. The van der Waals surface area contributed by atoms with Crippen molar-refractivity contribution in [3.63, 3.8) is 0 Å². The molecule has 1 fully saturated rings. The Balaban J connectivity index is 1.54. The van der Waals surface area contributed by atoms with Gasteiger partial charge in [-0.2, -0.15) is 0 Å². The number of benzene rings is 1. The summed E-state index contributed by atoms with van der Waals surface area (Å²) >= 11 is 0. The van der Waals surface area contributed by atoms with Crippen LogP contribution in [0.3, 0.4) is 0 Å². The number of methoxy groups -OCH3 is 1. The number of aromatic nitrogens is 5. The van der Waals surface area contributed by atoms with Gasteiger partial charge >= 0.3 is 5.69 Å². The number of aryl methyl sites for hydroxylation is 2. The van der Waals surface area contributed by atoms with Crippen LogP contribution in [0, 0.1) is 6.92 Å². The molecule has 0 saturated carbocycles. The largest absolute Gasteiger partial charge is 0.495 e. The highest BCUT2D eigenvalue weighted by molar-refractivity contribution is 6.04. The molecule has 0 aliphatic carbocycles. The van der Waals surface area contributed by atoms with Gasteiger partial charge < -0.3 is 14.7 Å². The fourth-order valence-corrected chi connectivity index (χ4v) is 4.95. The van der Waals surface area contributed by atoms with Gasteiger partial charge in [-0.1, -0.05) is 6.07 Å². The molecule has 6 rings (SSSR count). The summed E-state index contributed by atoms with van der Waals surface area (Å²) in [7, 11) is 3.20. The summed E-state index contributed by atoms with van der Waals surface area (Å²) in [6.07, 6.45) is 3.32. The predicted octanol–water partition coefficient (Wildman–Crippen LogP) is 3.60. The number of halogens is 2. The minimum absolute atomic E-state index is 0.242. The highest BCUT2D eigenvalue weighted by Crippen LogP contribution is 2.34. The van der Waals surface area contributed by atoms with Crippen molar-refractivity contribution in [2.24, 2.45) is 7.05 Å². The van der Waals surface area contributed by atoms with Crippen LogP contribution in [-0.2, 0) is 13.7 Å². The average Bonchev–Trinajstić information content (AvgIpc) is 3.16. The van der Waals surface area contributed by atoms with Crippen molar-refractivity contribution in [2.45, 2.75) is 19.5 Å². The molecule has 9 nitrogen and oxygen atoms in total. The van der Waals surface area contributed by atoms with E-state index >= 15 is 0 Å². The summed E-state index contributed by atoms with van der Waals surface area (Å²) in [5.74, 6) is -1.78. The molecular weight excluding hydrogens is 494 g/mol. The normalized spacial score (nSPS) is 14.7. The molecule has 1 N–H and O–H groups in total. The van der Waals surface area contributed by atoms with Gasteiger partial charge in [0.05, 0.1) is 60.9 Å². The number of hydrogen-bond donors (Lipinski definition) is 1. The van der Waals surface area contributed by atoms with Crippen LogP contribution < -0.4 is 15.3 Å². The lowest BCUT2D eigenvalue weighted by atomic mass is 10.0. The van der Waals surface area contributed by atoms with Crippen LogP contribution in [0.5, 0.6) is 5.75 Å². The number of rotatable bonds is 5. The summed E-state index contributed by atoms with van der Waals surface area (Å²) in [4.78, 5) is 28.4. The predicted molar refractivity (Wildman–Crippen MR) is 139 cm³/mol. The highest BCUT2D eigenvalue weighted by atomic mass is 19.3. The Labute approximate surface area is 215 Å². The van der Waals surface area contributed by atoms with Crippen LogP contribution in [0.25, 0.3) is 38.8 Å². The third kappa shape index (κ3) is 3.69. The number of aliphatic hydroxyl groups is 1. The van der Waals surface area contributed by atoms with Crippen molar-refractivity contribution in [2.75, 3.05) is 25.1 Å². The molecule has 0 spiro atoms. The Hall–Kier alpha value is -4.38. The Morgan fingerprint density at radius 3 is 2.55 bits per heavy atom. The summed E-state index contributed by atoms with van der Waals surface area (Å²) in [6, 6.07) is 10.9. The molecule has 4 aromatic heterocycles. The Morgan fingerprint density at radius 1 is 1.08 bits per heavy atom. The number of alkyl halides is 2. The van der Waals surface area contributed by atoms with E-state index in [-0.39, 0.29) is 25.4 Å². The number of anilines is 1. The first-order valence-corrected chi connectivity index (χ1v) is 12.0. The highest BCUT2D eigenvalue weighted by Gasteiger charge is 2.44. The van der Waals surface area contributed by atoms with Gasteiger partial charge in [-0.15, -0.1) is 0 Å². The molecule has 1 aromatic carbocycles. The maximum atomic E-state index is 13.5. The van der Waals surface area contributed by atoms with E-state index in [1.54, 1.807) is 49.1 Å². The van der Waals surface area contributed by atoms with E-state index in [4.69, 9.17) is 4.74 Å². The van der Waals surface area contributed by atoms with Crippen LogP contribution in [0.15, 0.2) is 53.6 Å². The Bertz CT molecular complexity index is 1790. The van der Waals surface area contributed by atoms with Crippen LogP contribution in [0.4, 0.5) is 14.6 Å². The minimum Gasteiger partial charge on any atom is -0.495 e. The van der Waals surface area contributed by atoms with Gasteiger partial charge in [0, 0.05) is 24.2 Å². The van der Waals surface area contributed by atoms with E-state index in [1.807, 2.05) is 18.2 Å². The lowest BCUT2D eigenvalue weighted by Gasteiger charge is -2.39. The van der Waals surface area contributed by atoms with E-state index in [1.165, 1.54) is 16.6 Å². The van der Waals surface area contributed by atoms with Gasteiger partial charge in [-0.3, -0.25) is 19.1 Å². The average molecular weight is 519 g/mol. The van der Waals surface area contributed by atoms with E-state index < -0.39 is 5.92 Å². The second-order valence-corrected chi connectivity index (χ2v) is 9.42. The molecule has 0 unspecified atom stereocenters.